The van der Waals surface area contributed by atoms with E-state index in [4.69, 9.17) is 4.74 Å². The van der Waals surface area contributed by atoms with Gasteiger partial charge in [0.15, 0.2) is 0 Å². The molecule has 3 nitrogen and oxygen atoms in total. The fraction of sp³-hybridized carbons (Fsp3) is 1.00. The zero-order valence-corrected chi connectivity index (χ0v) is 14.1. The number of hydrogen-bond acceptors (Lipinski definition) is 3. The summed E-state index contributed by atoms with van der Waals surface area (Å²) in [5.74, 6) is 0.900. The van der Waals surface area contributed by atoms with Crippen molar-refractivity contribution in [2.45, 2.75) is 70.9 Å². The molecule has 0 radical (unpaired) electrons. The van der Waals surface area contributed by atoms with Crippen LogP contribution in [-0.2, 0) is 4.74 Å². The van der Waals surface area contributed by atoms with Gasteiger partial charge in [0.2, 0.25) is 0 Å². The van der Waals surface area contributed by atoms with E-state index in [1.807, 2.05) is 0 Å². The summed E-state index contributed by atoms with van der Waals surface area (Å²) in [5, 5.41) is 3.94. The number of ether oxygens (including phenoxy) is 1. The molecule has 1 N–H and O–H groups in total. The lowest BCUT2D eigenvalue weighted by Crippen LogP contribution is -2.63. The quantitative estimate of drug-likeness (QED) is 0.815. The third-order valence-corrected chi connectivity index (χ3v) is 6.49. The Hall–Kier alpha value is -0.120. The van der Waals surface area contributed by atoms with E-state index in [2.05, 4.69) is 24.1 Å². The Kier molecular flexibility index (Phi) is 5.23. The highest BCUT2D eigenvalue weighted by atomic mass is 16.5. The second-order valence-corrected chi connectivity index (χ2v) is 7.46. The summed E-state index contributed by atoms with van der Waals surface area (Å²) >= 11 is 0. The van der Waals surface area contributed by atoms with Gasteiger partial charge in [-0.05, 0) is 71.1 Å². The molecule has 3 aliphatic rings. The standard InChI is InChI=1S/C18H34N2O/c1-3-20-11-7-15(8-12-20)14-19-16-13-17(21-4-2)18(16)9-5-6-10-18/h15-17,19H,3-14H2,1-2H3. The van der Waals surface area contributed by atoms with Crippen molar-refractivity contribution in [2.75, 3.05) is 32.8 Å². The van der Waals surface area contributed by atoms with Crippen LogP contribution in [0.3, 0.4) is 0 Å². The van der Waals surface area contributed by atoms with Crippen LogP contribution < -0.4 is 5.32 Å². The molecule has 1 spiro atoms. The van der Waals surface area contributed by atoms with Crippen molar-refractivity contribution < 1.29 is 4.74 Å². The molecule has 0 aromatic carbocycles. The molecule has 3 heteroatoms. The van der Waals surface area contributed by atoms with Crippen molar-refractivity contribution in [2.24, 2.45) is 11.3 Å². The number of hydrogen-bond donors (Lipinski definition) is 1. The Balaban J connectivity index is 1.45. The van der Waals surface area contributed by atoms with Crippen LogP contribution >= 0.6 is 0 Å². The van der Waals surface area contributed by atoms with Gasteiger partial charge < -0.3 is 15.0 Å². The van der Waals surface area contributed by atoms with Crippen molar-refractivity contribution >= 4 is 0 Å². The van der Waals surface area contributed by atoms with Crippen molar-refractivity contribution in [1.82, 2.24) is 10.2 Å². The highest BCUT2D eigenvalue weighted by Gasteiger charge is 2.56. The minimum absolute atomic E-state index is 0.500. The van der Waals surface area contributed by atoms with E-state index in [0.29, 0.717) is 11.5 Å². The van der Waals surface area contributed by atoms with Crippen LogP contribution in [0.5, 0.6) is 0 Å². The molecular weight excluding hydrogens is 260 g/mol. The molecule has 1 saturated heterocycles. The summed E-state index contributed by atoms with van der Waals surface area (Å²) in [5.41, 5.74) is 0.500. The van der Waals surface area contributed by atoms with Gasteiger partial charge >= 0.3 is 0 Å². The van der Waals surface area contributed by atoms with Crippen LogP contribution in [0.25, 0.3) is 0 Å². The molecule has 1 heterocycles. The van der Waals surface area contributed by atoms with Gasteiger partial charge in [-0.15, -0.1) is 0 Å². The Labute approximate surface area is 130 Å². The maximum absolute atomic E-state index is 6.02. The Morgan fingerprint density at radius 2 is 1.86 bits per heavy atom. The van der Waals surface area contributed by atoms with Crippen LogP contribution in [0.4, 0.5) is 0 Å². The highest BCUT2D eigenvalue weighted by molar-refractivity contribution is 5.10. The van der Waals surface area contributed by atoms with E-state index in [1.54, 1.807) is 0 Å². The largest absolute Gasteiger partial charge is 0.378 e. The predicted octanol–water partition coefficient (Wildman–Crippen LogP) is 3.05. The summed E-state index contributed by atoms with van der Waals surface area (Å²) in [6, 6.07) is 0.737. The molecule has 0 aromatic heterocycles. The topological polar surface area (TPSA) is 24.5 Å². The second kappa shape index (κ2) is 6.97. The van der Waals surface area contributed by atoms with Crippen molar-refractivity contribution in [3.8, 4) is 0 Å². The fourth-order valence-electron chi connectivity index (χ4n) is 4.99. The first-order valence-corrected chi connectivity index (χ1v) is 9.36. The zero-order chi connectivity index (χ0) is 14.7. The van der Waals surface area contributed by atoms with Gasteiger partial charge in [0, 0.05) is 18.1 Å². The zero-order valence-electron chi connectivity index (χ0n) is 14.1. The molecular formula is C18H34N2O. The lowest BCUT2D eigenvalue weighted by atomic mass is 9.60. The predicted molar refractivity (Wildman–Crippen MR) is 87.6 cm³/mol. The second-order valence-electron chi connectivity index (χ2n) is 7.46. The van der Waals surface area contributed by atoms with E-state index in [0.717, 1.165) is 18.6 Å². The summed E-state index contributed by atoms with van der Waals surface area (Å²) in [4.78, 5) is 2.59. The van der Waals surface area contributed by atoms with Gasteiger partial charge in [0.1, 0.15) is 0 Å². The smallest absolute Gasteiger partial charge is 0.0661 e. The number of nitrogens with zero attached hydrogens (tertiary/aromatic N) is 1. The Morgan fingerprint density at radius 3 is 2.48 bits per heavy atom. The molecule has 2 atom stereocenters. The van der Waals surface area contributed by atoms with Gasteiger partial charge in [0.25, 0.3) is 0 Å². The van der Waals surface area contributed by atoms with Crippen LogP contribution in [0.2, 0.25) is 0 Å². The van der Waals surface area contributed by atoms with Crippen LogP contribution in [0.15, 0.2) is 0 Å². The lowest BCUT2D eigenvalue weighted by Gasteiger charge is -2.54. The molecule has 2 aliphatic carbocycles. The highest BCUT2D eigenvalue weighted by Crippen LogP contribution is 2.54. The summed E-state index contributed by atoms with van der Waals surface area (Å²) in [6.07, 6.45) is 10.2. The number of piperidine rings is 1. The Bertz CT molecular complexity index is 319. The number of rotatable bonds is 6. The summed E-state index contributed by atoms with van der Waals surface area (Å²) in [7, 11) is 0. The SMILES string of the molecule is CCOC1CC(NCC2CCN(CC)CC2)C12CCCC2. The van der Waals surface area contributed by atoms with Gasteiger partial charge in [-0.1, -0.05) is 19.8 Å². The van der Waals surface area contributed by atoms with E-state index in [9.17, 15) is 0 Å². The molecule has 122 valence electrons. The summed E-state index contributed by atoms with van der Waals surface area (Å²) in [6.45, 7) is 10.4. The minimum Gasteiger partial charge on any atom is -0.378 e. The number of likely N-dealkylation sites (tertiary alicyclic amines) is 1. The normalized spacial score (nSPS) is 33.4. The van der Waals surface area contributed by atoms with E-state index in [1.165, 1.54) is 71.1 Å². The maximum atomic E-state index is 6.02. The first kappa shape index (κ1) is 15.8. The van der Waals surface area contributed by atoms with Gasteiger partial charge in [-0.3, -0.25) is 0 Å². The summed E-state index contributed by atoms with van der Waals surface area (Å²) < 4.78 is 6.02. The molecule has 1 aliphatic heterocycles. The minimum atomic E-state index is 0.500. The molecule has 3 rings (SSSR count). The van der Waals surface area contributed by atoms with Crippen molar-refractivity contribution in [1.29, 1.82) is 0 Å². The van der Waals surface area contributed by atoms with Crippen LogP contribution in [0.1, 0.15) is 58.8 Å². The molecule has 0 amide bonds. The van der Waals surface area contributed by atoms with Gasteiger partial charge in [-0.25, -0.2) is 0 Å². The van der Waals surface area contributed by atoms with Crippen molar-refractivity contribution in [3.63, 3.8) is 0 Å². The van der Waals surface area contributed by atoms with E-state index >= 15 is 0 Å². The van der Waals surface area contributed by atoms with E-state index < -0.39 is 0 Å². The number of nitrogens with one attached hydrogen (secondary N) is 1. The van der Waals surface area contributed by atoms with Gasteiger partial charge in [0.05, 0.1) is 6.10 Å². The van der Waals surface area contributed by atoms with Crippen molar-refractivity contribution in [3.05, 3.63) is 0 Å². The maximum Gasteiger partial charge on any atom is 0.0661 e. The monoisotopic (exact) mass is 294 g/mol. The molecule has 2 unspecified atom stereocenters. The van der Waals surface area contributed by atoms with Crippen LogP contribution in [0, 0.1) is 11.3 Å². The lowest BCUT2D eigenvalue weighted by molar-refractivity contribution is -0.131. The molecule has 0 aromatic rings. The van der Waals surface area contributed by atoms with Crippen LogP contribution in [-0.4, -0.2) is 49.8 Å². The third-order valence-electron chi connectivity index (χ3n) is 6.49. The Morgan fingerprint density at radius 1 is 1.14 bits per heavy atom. The first-order valence-electron chi connectivity index (χ1n) is 9.36. The molecule has 3 fully saturated rings. The van der Waals surface area contributed by atoms with Gasteiger partial charge in [-0.2, -0.15) is 0 Å². The molecule has 2 saturated carbocycles. The first-order chi connectivity index (χ1) is 10.3. The average molecular weight is 294 g/mol. The molecule has 0 bridgehead atoms. The molecule has 21 heavy (non-hydrogen) atoms. The van der Waals surface area contributed by atoms with E-state index in [-0.39, 0.29) is 0 Å². The third kappa shape index (κ3) is 3.16. The fourth-order valence-corrected chi connectivity index (χ4v) is 4.99. The average Bonchev–Trinajstić information content (AvgIpc) is 3.03.